The van der Waals surface area contributed by atoms with Crippen LogP contribution in [0, 0.1) is 0 Å². The summed E-state index contributed by atoms with van der Waals surface area (Å²) in [5, 5.41) is 32.6. The Morgan fingerprint density at radius 2 is 1.54 bits per heavy atom. The minimum atomic E-state index is -0.178. The van der Waals surface area contributed by atoms with Crippen LogP contribution in [-0.4, -0.2) is 33.6 Å². The van der Waals surface area contributed by atoms with Crippen LogP contribution in [0.4, 0.5) is 5.13 Å². The van der Waals surface area contributed by atoms with Crippen molar-refractivity contribution in [3.05, 3.63) is 23.3 Å². The van der Waals surface area contributed by atoms with Crippen LogP contribution in [0.15, 0.2) is 12.1 Å². The number of hydrogen-bond acceptors (Lipinski definition) is 6. The lowest BCUT2D eigenvalue weighted by molar-refractivity contribution is 0.311. The molecule has 0 aliphatic rings. The second-order valence-corrected chi connectivity index (χ2v) is 8.96. The Hall–Kier alpha value is -1.66. The predicted molar refractivity (Wildman–Crippen MR) is 100.0 cm³/mol. The number of aliphatic hydroxyl groups is 1. The van der Waals surface area contributed by atoms with Gasteiger partial charge in [0, 0.05) is 23.2 Å². The fraction of sp³-hybridized carbons (Fsp3) is 0.556. The van der Waals surface area contributed by atoms with E-state index in [1.165, 1.54) is 11.3 Å². The standard InChI is InChI=1S/C18H27N3O2S/c1-17(2,3)12-9-11(10-13(14(12)23)18(4,5)6)15-20-21-16(24-15)19-7-8-22/h9-10,22-23H,7-8H2,1-6H3,(H,19,21). The Labute approximate surface area is 147 Å². The summed E-state index contributed by atoms with van der Waals surface area (Å²) in [5.74, 6) is 0.363. The lowest BCUT2D eigenvalue weighted by Crippen LogP contribution is -2.17. The first-order valence-corrected chi connectivity index (χ1v) is 8.92. The van der Waals surface area contributed by atoms with E-state index in [1.54, 1.807) is 0 Å². The SMILES string of the molecule is CC(C)(C)c1cc(-c2nnc(NCCO)s2)cc(C(C)(C)C)c1O. The largest absolute Gasteiger partial charge is 0.507 e. The molecule has 0 aliphatic heterocycles. The highest BCUT2D eigenvalue weighted by molar-refractivity contribution is 7.18. The normalized spacial score (nSPS) is 12.5. The van der Waals surface area contributed by atoms with Gasteiger partial charge in [0.25, 0.3) is 0 Å². The van der Waals surface area contributed by atoms with Crippen molar-refractivity contribution >= 4 is 16.5 Å². The quantitative estimate of drug-likeness (QED) is 0.780. The number of benzene rings is 1. The molecular weight excluding hydrogens is 322 g/mol. The van der Waals surface area contributed by atoms with Crippen LogP contribution in [0.25, 0.3) is 10.6 Å². The number of nitrogens with zero attached hydrogens (tertiary/aromatic N) is 2. The lowest BCUT2D eigenvalue weighted by atomic mass is 9.78. The number of anilines is 1. The zero-order valence-electron chi connectivity index (χ0n) is 15.3. The van der Waals surface area contributed by atoms with Gasteiger partial charge in [-0.05, 0) is 23.0 Å². The van der Waals surface area contributed by atoms with Crippen molar-refractivity contribution in [2.75, 3.05) is 18.5 Å². The maximum atomic E-state index is 10.8. The van der Waals surface area contributed by atoms with Gasteiger partial charge in [-0.15, -0.1) is 10.2 Å². The molecule has 0 atom stereocenters. The molecule has 0 saturated heterocycles. The van der Waals surface area contributed by atoms with Gasteiger partial charge >= 0.3 is 0 Å². The number of phenolic OH excluding ortho intramolecular Hbond substituents is 1. The van der Waals surface area contributed by atoms with Gasteiger partial charge in [0.2, 0.25) is 5.13 Å². The van der Waals surface area contributed by atoms with Gasteiger partial charge in [0.15, 0.2) is 0 Å². The Bertz CT molecular complexity index is 677. The van der Waals surface area contributed by atoms with Crippen LogP contribution < -0.4 is 5.32 Å². The molecule has 0 amide bonds. The highest BCUT2D eigenvalue weighted by atomic mass is 32.1. The van der Waals surface area contributed by atoms with Crippen molar-refractivity contribution in [2.24, 2.45) is 0 Å². The maximum Gasteiger partial charge on any atom is 0.206 e. The molecule has 3 N–H and O–H groups in total. The van der Waals surface area contributed by atoms with Crippen LogP contribution in [0.1, 0.15) is 52.7 Å². The number of aliphatic hydroxyl groups excluding tert-OH is 1. The summed E-state index contributed by atoms with van der Waals surface area (Å²) in [5.41, 5.74) is 2.41. The van der Waals surface area contributed by atoms with Crippen molar-refractivity contribution < 1.29 is 10.2 Å². The molecular formula is C18H27N3O2S. The van der Waals surface area contributed by atoms with E-state index in [4.69, 9.17) is 5.11 Å². The third kappa shape index (κ3) is 4.05. The first-order chi connectivity index (χ1) is 11.0. The summed E-state index contributed by atoms with van der Waals surface area (Å²) >= 11 is 1.44. The summed E-state index contributed by atoms with van der Waals surface area (Å²) in [6.45, 7) is 13.0. The van der Waals surface area contributed by atoms with E-state index in [9.17, 15) is 5.11 Å². The van der Waals surface area contributed by atoms with Crippen molar-refractivity contribution in [3.8, 4) is 16.3 Å². The second kappa shape index (κ2) is 6.69. The van der Waals surface area contributed by atoms with Gasteiger partial charge in [-0.2, -0.15) is 0 Å². The van der Waals surface area contributed by atoms with E-state index in [0.29, 0.717) is 17.4 Å². The molecule has 24 heavy (non-hydrogen) atoms. The first-order valence-electron chi connectivity index (χ1n) is 8.10. The molecule has 0 bridgehead atoms. The molecule has 0 fully saturated rings. The Balaban J connectivity index is 2.56. The molecule has 0 aliphatic carbocycles. The molecule has 0 spiro atoms. The van der Waals surface area contributed by atoms with Gasteiger partial charge in [-0.3, -0.25) is 0 Å². The van der Waals surface area contributed by atoms with Gasteiger partial charge in [0.1, 0.15) is 10.8 Å². The van der Waals surface area contributed by atoms with E-state index in [-0.39, 0.29) is 17.4 Å². The smallest absolute Gasteiger partial charge is 0.206 e. The van der Waals surface area contributed by atoms with Crippen LogP contribution in [0.3, 0.4) is 0 Å². The summed E-state index contributed by atoms with van der Waals surface area (Å²) in [6, 6.07) is 4.00. The highest BCUT2D eigenvalue weighted by Gasteiger charge is 2.27. The first kappa shape index (κ1) is 18.7. The monoisotopic (exact) mass is 349 g/mol. The van der Waals surface area contributed by atoms with Gasteiger partial charge in [-0.1, -0.05) is 52.9 Å². The average Bonchev–Trinajstić information content (AvgIpc) is 2.91. The maximum absolute atomic E-state index is 10.8. The summed E-state index contributed by atoms with van der Waals surface area (Å²) in [6.07, 6.45) is 0. The molecule has 1 aromatic heterocycles. The van der Waals surface area contributed by atoms with E-state index in [1.807, 2.05) is 12.1 Å². The minimum absolute atomic E-state index is 0.0521. The van der Waals surface area contributed by atoms with Crippen LogP contribution >= 0.6 is 11.3 Å². The van der Waals surface area contributed by atoms with Crippen LogP contribution in [0.5, 0.6) is 5.75 Å². The van der Waals surface area contributed by atoms with Gasteiger partial charge in [-0.25, -0.2) is 0 Å². The third-order valence-corrected chi connectivity index (χ3v) is 4.72. The summed E-state index contributed by atoms with van der Waals surface area (Å²) in [4.78, 5) is 0. The number of hydrogen-bond donors (Lipinski definition) is 3. The number of rotatable bonds is 4. The average molecular weight is 350 g/mol. The molecule has 2 aromatic rings. The van der Waals surface area contributed by atoms with E-state index in [0.717, 1.165) is 21.7 Å². The molecule has 1 aromatic carbocycles. The zero-order chi connectivity index (χ0) is 18.1. The second-order valence-electron chi connectivity index (χ2n) is 7.98. The van der Waals surface area contributed by atoms with Crippen molar-refractivity contribution in [1.82, 2.24) is 10.2 Å². The fourth-order valence-corrected chi connectivity index (χ4v) is 3.23. The highest BCUT2D eigenvalue weighted by Crippen LogP contribution is 2.42. The van der Waals surface area contributed by atoms with E-state index >= 15 is 0 Å². The number of phenols is 1. The van der Waals surface area contributed by atoms with Crippen LogP contribution in [0.2, 0.25) is 0 Å². The lowest BCUT2D eigenvalue weighted by Gasteiger charge is -2.27. The van der Waals surface area contributed by atoms with E-state index in [2.05, 4.69) is 57.1 Å². The Morgan fingerprint density at radius 1 is 1.00 bits per heavy atom. The number of nitrogens with one attached hydrogen (secondary N) is 1. The number of aromatic nitrogens is 2. The molecule has 132 valence electrons. The Morgan fingerprint density at radius 3 is 2.00 bits per heavy atom. The third-order valence-electron chi connectivity index (χ3n) is 3.79. The van der Waals surface area contributed by atoms with Gasteiger partial charge in [0.05, 0.1) is 6.61 Å². The zero-order valence-corrected chi connectivity index (χ0v) is 16.1. The Kier molecular flexibility index (Phi) is 5.20. The van der Waals surface area contributed by atoms with Crippen LogP contribution in [-0.2, 0) is 10.8 Å². The van der Waals surface area contributed by atoms with E-state index < -0.39 is 0 Å². The van der Waals surface area contributed by atoms with Crippen molar-refractivity contribution in [2.45, 2.75) is 52.4 Å². The molecule has 0 saturated carbocycles. The topological polar surface area (TPSA) is 78.3 Å². The molecule has 1 heterocycles. The number of aromatic hydroxyl groups is 1. The minimum Gasteiger partial charge on any atom is -0.507 e. The molecule has 0 radical (unpaired) electrons. The summed E-state index contributed by atoms with van der Waals surface area (Å²) < 4.78 is 0. The fourth-order valence-electron chi connectivity index (χ4n) is 2.48. The van der Waals surface area contributed by atoms with Gasteiger partial charge < -0.3 is 15.5 Å². The van der Waals surface area contributed by atoms with Crippen molar-refractivity contribution in [3.63, 3.8) is 0 Å². The molecule has 0 unspecified atom stereocenters. The molecule has 2 rings (SSSR count). The molecule has 6 heteroatoms. The predicted octanol–water partition coefficient (Wildman–Crippen LogP) is 3.91. The molecule has 5 nitrogen and oxygen atoms in total. The summed E-state index contributed by atoms with van der Waals surface area (Å²) in [7, 11) is 0. The van der Waals surface area contributed by atoms with Crippen molar-refractivity contribution in [1.29, 1.82) is 0 Å².